The van der Waals surface area contributed by atoms with Gasteiger partial charge < -0.3 is 24.4 Å². The normalized spacial score (nSPS) is 20.5. The monoisotopic (exact) mass is 563 g/mol. The number of rotatable bonds is 5. The Hall–Kier alpha value is -3.69. The van der Waals surface area contributed by atoms with Crippen molar-refractivity contribution in [3.8, 4) is 5.75 Å². The van der Waals surface area contributed by atoms with Crippen molar-refractivity contribution in [3.63, 3.8) is 0 Å². The quantitative estimate of drug-likeness (QED) is 0.459. The number of aliphatic hydroxyl groups is 1. The highest BCUT2D eigenvalue weighted by Gasteiger charge is 2.35. The molecule has 4 heterocycles. The maximum atomic E-state index is 13.7. The number of halogens is 1. The number of β-amino-alcohol motifs (C(OH)–C–C–N with tert-alkyl or cyclic N) is 1. The minimum atomic E-state index is -0.935. The van der Waals surface area contributed by atoms with E-state index in [0.717, 1.165) is 19.3 Å². The van der Waals surface area contributed by atoms with Gasteiger partial charge in [0, 0.05) is 42.7 Å². The lowest BCUT2D eigenvalue weighted by Gasteiger charge is -2.27. The summed E-state index contributed by atoms with van der Waals surface area (Å²) in [6.45, 7) is 3.99. The number of ether oxygens (including phenoxy) is 2. The van der Waals surface area contributed by atoms with Crippen LogP contribution in [0.2, 0.25) is 5.02 Å². The van der Waals surface area contributed by atoms with Crippen molar-refractivity contribution < 1.29 is 29.0 Å². The Bertz CT molecular complexity index is 1530. The third kappa shape index (κ3) is 4.99. The zero-order chi connectivity index (χ0) is 28.0. The molecule has 9 nitrogen and oxygen atoms in total. The fourth-order valence-electron chi connectivity index (χ4n) is 5.62. The van der Waals surface area contributed by atoms with Crippen molar-refractivity contribution in [2.45, 2.75) is 51.4 Å². The Kier molecular flexibility index (Phi) is 6.88. The molecule has 6 rings (SSSR count). The summed E-state index contributed by atoms with van der Waals surface area (Å²) in [5, 5.41) is 11.4. The second kappa shape index (κ2) is 10.4. The molecule has 3 aliphatic heterocycles. The number of nitrogens with zero attached hydrogens (tertiary/aromatic N) is 3. The topological polar surface area (TPSA) is 109 Å². The number of fused-ring (bicyclic) bond motifs is 2. The van der Waals surface area contributed by atoms with E-state index in [1.807, 2.05) is 4.90 Å². The summed E-state index contributed by atoms with van der Waals surface area (Å²) in [6, 6.07) is 10.3. The van der Waals surface area contributed by atoms with Gasteiger partial charge >= 0.3 is 5.97 Å². The summed E-state index contributed by atoms with van der Waals surface area (Å²) in [5.41, 5.74) is 1.99. The smallest absolute Gasteiger partial charge is 0.338 e. The van der Waals surface area contributed by atoms with E-state index in [0.29, 0.717) is 70.0 Å². The molecule has 2 amide bonds. The van der Waals surface area contributed by atoms with Crippen LogP contribution >= 0.6 is 11.6 Å². The highest BCUT2D eigenvalue weighted by Crippen LogP contribution is 2.32. The molecule has 2 fully saturated rings. The van der Waals surface area contributed by atoms with Crippen LogP contribution < -0.4 is 4.74 Å². The summed E-state index contributed by atoms with van der Waals surface area (Å²) < 4.78 is 11.1. The number of hydrogen-bond donors (Lipinski definition) is 1. The Morgan fingerprint density at radius 2 is 1.88 bits per heavy atom. The van der Waals surface area contributed by atoms with Crippen molar-refractivity contribution in [1.82, 2.24) is 14.8 Å². The van der Waals surface area contributed by atoms with E-state index in [9.17, 15) is 19.5 Å². The van der Waals surface area contributed by atoms with Gasteiger partial charge in [-0.25, -0.2) is 9.78 Å². The molecule has 2 aromatic carbocycles. The van der Waals surface area contributed by atoms with Gasteiger partial charge in [-0.1, -0.05) is 17.7 Å². The number of esters is 1. The number of carbonyl (C=O) groups is 3. The molecule has 208 valence electrons. The zero-order valence-electron chi connectivity index (χ0n) is 22.2. The van der Waals surface area contributed by atoms with Gasteiger partial charge in [-0.2, -0.15) is 0 Å². The second-order valence-electron chi connectivity index (χ2n) is 11.0. The average molecular weight is 564 g/mol. The molecule has 1 aromatic heterocycles. The third-order valence-electron chi connectivity index (χ3n) is 7.90. The molecule has 0 unspecified atom stereocenters. The molecular weight excluding hydrogens is 534 g/mol. The van der Waals surface area contributed by atoms with E-state index in [2.05, 4.69) is 4.98 Å². The average Bonchev–Trinajstić information content (AvgIpc) is 3.53. The number of hydrogen-bond acceptors (Lipinski definition) is 7. The van der Waals surface area contributed by atoms with Crippen molar-refractivity contribution >= 4 is 40.3 Å². The molecule has 0 bridgehead atoms. The molecule has 0 saturated carbocycles. The Morgan fingerprint density at radius 1 is 1.07 bits per heavy atom. The van der Waals surface area contributed by atoms with Crippen LogP contribution in [0.3, 0.4) is 0 Å². The van der Waals surface area contributed by atoms with E-state index in [1.54, 1.807) is 48.2 Å². The van der Waals surface area contributed by atoms with Crippen LogP contribution in [0.5, 0.6) is 5.75 Å². The maximum Gasteiger partial charge on any atom is 0.338 e. The van der Waals surface area contributed by atoms with Gasteiger partial charge in [-0.15, -0.1) is 0 Å². The van der Waals surface area contributed by atoms with Gasteiger partial charge in [0.25, 0.3) is 11.8 Å². The maximum absolute atomic E-state index is 13.7. The first-order chi connectivity index (χ1) is 19.2. The van der Waals surface area contributed by atoms with Crippen molar-refractivity contribution in [3.05, 3.63) is 69.4 Å². The highest BCUT2D eigenvalue weighted by molar-refractivity contribution is 6.32. The Morgan fingerprint density at radius 3 is 2.62 bits per heavy atom. The largest absolute Gasteiger partial charge is 0.489 e. The number of likely N-dealkylation sites (tertiary alicyclic amines) is 2. The molecule has 3 aromatic rings. The number of cyclic esters (lactones) is 1. The van der Waals surface area contributed by atoms with Crippen LogP contribution in [-0.2, 0) is 18.0 Å². The Balaban J connectivity index is 1.32. The first-order valence-corrected chi connectivity index (χ1v) is 13.9. The summed E-state index contributed by atoms with van der Waals surface area (Å²) in [5.74, 6) is -0.315. The van der Waals surface area contributed by atoms with E-state index in [1.165, 1.54) is 0 Å². The highest BCUT2D eigenvalue weighted by atomic mass is 35.5. The summed E-state index contributed by atoms with van der Waals surface area (Å²) in [6.07, 6.45) is 3.46. The second-order valence-corrected chi connectivity index (χ2v) is 11.4. The van der Waals surface area contributed by atoms with Crippen LogP contribution in [0.1, 0.15) is 74.9 Å². The van der Waals surface area contributed by atoms with Crippen LogP contribution in [0, 0.1) is 0 Å². The predicted molar refractivity (Wildman–Crippen MR) is 148 cm³/mol. The van der Waals surface area contributed by atoms with E-state index in [4.69, 9.17) is 21.1 Å². The lowest BCUT2D eigenvalue weighted by atomic mass is 10.0. The van der Waals surface area contributed by atoms with Gasteiger partial charge in [0.15, 0.2) is 0 Å². The molecular formula is C30H30ClN3O6. The van der Waals surface area contributed by atoms with Crippen molar-refractivity contribution in [2.24, 2.45) is 0 Å². The molecule has 0 aliphatic carbocycles. The number of amides is 2. The zero-order valence-corrected chi connectivity index (χ0v) is 23.0. The number of pyridine rings is 1. The fourth-order valence-corrected chi connectivity index (χ4v) is 5.89. The minimum Gasteiger partial charge on any atom is -0.489 e. The summed E-state index contributed by atoms with van der Waals surface area (Å²) in [4.78, 5) is 46.9. The summed E-state index contributed by atoms with van der Waals surface area (Å²) >= 11 is 6.53. The van der Waals surface area contributed by atoms with E-state index >= 15 is 0 Å². The lowest BCUT2D eigenvalue weighted by Crippen LogP contribution is -2.36. The van der Waals surface area contributed by atoms with Crippen molar-refractivity contribution in [2.75, 3.05) is 26.2 Å². The van der Waals surface area contributed by atoms with E-state index in [-0.39, 0.29) is 43.2 Å². The van der Waals surface area contributed by atoms with Gasteiger partial charge in [0.05, 0.1) is 27.3 Å². The molecule has 3 aliphatic rings. The van der Waals surface area contributed by atoms with Gasteiger partial charge in [0.2, 0.25) is 0 Å². The third-order valence-corrected chi connectivity index (χ3v) is 8.37. The number of benzene rings is 2. The van der Waals surface area contributed by atoms with E-state index < -0.39 is 5.60 Å². The minimum absolute atomic E-state index is 0.139. The number of piperidine rings is 1. The fraction of sp³-hybridized carbons (Fsp3) is 0.400. The standard InChI is InChI=1S/C30H30ClN3O6/c1-30(38)9-12-34(17-30)28(36)25-14-22(27(35)33-10-3-2-4-11-33)21-13-19(6-8-24(21)32-25)39-15-18-5-7-20-23(26(18)31)16-40-29(20)37/h5-8,13-14,38H,2-4,9-12,15-17H2,1H3/t30-/m1/s1. The summed E-state index contributed by atoms with van der Waals surface area (Å²) in [7, 11) is 0. The van der Waals surface area contributed by atoms with Crippen LogP contribution in [0.4, 0.5) is 0 Å². The van der Waals surface area contributed by atoms with Gasteiger partial charge in [-0.05, 0) is 62.9 Å². The number of carbonyl (C=O) groups excluding carboxylic acids is 3. The predicted octanol–water partition coefficient (Wildman–Crippen LogP) is 4.36. The molecule has 1 atom stereocenters. The molecule has 1 N–H and O–H groups in total. The van der Waals surface area contributed by atoms with Crippen LogP contribution in [0.25, 0.3) is 10.9 Å². The van der Waals surface area contributed by atoms with Crippen LogP contribution in [-0.4, -0.2) is 69.5 Å². The lowest BCUT2D eigenvalue weighted by molar-refractivity contribution is 0.0534. The van der Waals surface area contributed by atoms with Gasteiger partial charge in [-0.3, -0.25) is 9.59 Å². The van der Waals surface area contributed by atoms with Gasteiger partial charge in [0.1, 0.15) is 24.7 Å². The molecule has 0 radical (unpaired) electrons. The molecule has 2 saturated heterocycles. The first kappa shape index (κ1) is 26.5. The van der Waals surface area contributed by atoms with Crippen molar-refractivity contribution in [1.29, 1.82) is 0 Å². The molecule has 0 spiro atoms. The molecule has 10 heteroatoms. The SMILES string of the molecule is C[C@@]1(O)CCN(C(=O)c2cc(C(=O)N3CCCCC3)c3cc(OCc4ccc5c(c4Cl)COC5=O)ccc3n2)C1. The number of aromatic nitrogens is 1. The Labute approximate surface area is 236 Å². The molecule has 40 heavy (non-hydrogen) atoms. The first-order valence-electron chi connectivity index (χ1n) is 13.6. The van der Waals surface area contributed by atoms with Crippen LogP contribution in [0.15, 0.2) is 36.4 Å².